The van der Waals surface area contributed by atoms with Crippen LogP contribution in [0.25, 0.3) is 5.43 Å². The topological polar surface area (TPSA) is 38.8 Å². The van der Waals surface area contributed by atoms with E-state index in [1.807, 2.05) is 48.5 Å². The molecule has 0 aliphatic carbocycles. The zero-order valence-corrected chi connectivity index (χ0v) is 9.91. The second-order valence-corrected chi connectivity index (χ2v) is 2.87. The van der Waals surface area contributed by atoms with Crippen molar-refractivity contribution < 1.29 is 20.4 Å². The van der Waals surface area contributed by atoms with Crippen molar-refractivity contribution in [3.05, 3.63) is 66.1 Å². The van der Waals surface area contributed by atoms with Crippen molar-refractivity contribution >= 4 is 11.4 Å². The number of hydrogen-bond donors (Lipinski definition) is 0. The summed E-state index contributed by atoms with van der Waals surface area (Å²) in [5.41, 5.74) is 5.41. The molecule has 0 N–H and O–H groups in total. The van der Waals surface area contributed by atoms with E-state index in [2.05, 4.69) is 21.8 Å². The van der Waals surface area contributed by atoms with Crippen LogP contribution in [0.2, 0.25) is 0 Å². The van der Waals surface area contributed by atoms with Gasteiger partial charge < -0.3 is 10.5 Å². The third-order valence-corrected chi connectivity index (χ3v) is 1.76. The van der Waals surface area contributed by atoms with Gasteiger partial charge in [0, 0.05) is 0 Å². The Morgan fingerprint density at radius 1 is 0.938 bits per heavy atom. The SMILES string of the molecule is [Pd+2].[c-]1ccccc1N=N[N-]c1ccccc1. The summed E-state index contributed by atoms with van der Waals surface area (Å²) < 4.78 is 0. The van der Waals surface area contributed by atoms with Crippen molar-refractivity contribution in [3.63, 3.8) is 0 Å². The molecule has 2 aromatic rings. The normalized spacial score (nSPS) is 9.75. The molecule has 82 valence electrons. The van der Waals surface area contributed by atoms with E-state index in [1.165, 1.54) is 0 Å². The third kappa shape index (κ3) is 3.94. The molecule has 4 heteroatoms. The average Bonchev–Trinajstić information content (AvgIpc) is 2.32. The molecular formula is C12H9N3Pd. The van der Waals surface area contributed by atoms with Crippen molar-refractivity contribution in [2.45, 2.75) is 0 Å². The Morgan fingerprint density at radius 2 is 1.69 bits per heavy atom. The summed E-state index contributed by atoms with van der Waals surface area (Å²) in [6.07, 6.45) is 0. The van der Waals surface area contributed by atoms with E-state index >= 15 is 0 Å². The first kappa shape index (κ1) is 12.6. The molecule has 0 saturated heterocycles. The van der Waals surface area contributed by atoms with Crippen LogP contribution >= 0.6 is 0 Å². The van der Waals surface area contributed by atoms with Crippen LogP contribution in [0.1, 0.15) is 0 Å². The molecule has 3 nitrogen and oxygen atoms in total. The summed E-state index contributed by atoms with van der Waals surface area (Å²) in [5.74, 6) is 0. The fourth-order valence-corrected chi connectivity index (χ4v) is 1.06. The molecule has 0 fully saturated rings. The van der Waals surface area contributed by atoms with Crippen LogP contribution in [0.5, 0.6) is 0 Å². The van der Waals surface area contributed by atoms with Crippen molar-refractivity contribution in [1.29, 1.82) is 0 Å². The molecule has 0 bridgehead atoms. The quantitative estimate of drug-likeness (QED) is 0.353. The monoisotopic (exact) mass is 301 g/mol. The summed E-state index contributed by atoms with van der Waals surface area (Å²) >= 11 is 0. The molecule has 0 amide bonds. The van der Waals surface area contributed by atoms with Crippen LogP contribution in [0, 0.1) is 6.07 Å². The molecule has 0 atom stereocenters. The van der Waals surface area contributed by atoms with Crippen molar-refractivity contribution in [2.24, 2.45) is 10.3 Å². The second kappa shape index (κ2) is 6.89. The predicted octanol–water partition coefficient (Wildman–Crippen LogP) is 4.19. The molecule has 0 aliphatic rings. The smallest absolute Gasteiger partial charge is 0.377 e. The number of nitrogens with zero attached hydrogens (tertiary/aromatic N) is 3. The first-order chi connectivity index (χ1) is 7.45. The van der Waals surface area contributed by atoms with E-state index in [9.17, 15) is 0 Å². The van der Waals surface area contributed by atoms with E-state index in [-0.39, 0.29) is 20.4 Å². The van der Waals surface area contributed by atoms with Gasteiger partial charge in [0.15, 0.2) is 0 Å². The number of hydrogen-bond acceptors (Lipinski definition) is 2. The van der Waals surface area contributed by atoms with Crippen molar-refractivity contribution in [1.82, 2.24) is 0 Å². The number of benzene rings is 2. The van der Waals surface area contributed by atoms with Crippen LogP contribution in [0.15, 0.2) is 64.9 Å². The Balaban J connectivity index is 0.00000128. The molecule has 2 aromatic carbocycles. The predicted molar refractivity (Wildman–Crippen MR) is 59.3 cm³/mol. The molecule has 0 aromatic heterocycles. The summed E-state index contributed by atoms with van der Waals surface area (Å²) in [5, 5.41) is 7.63. The standard InChI is InChI=1S/C12H9N3.Pd/c1-3-7-11(8-4-1)13-15-14-12-9-5-2-6-10-12;/h1-9H;/q-2;+2. The minimum Gasteiger partial charge on any atom is -0.377 e. The van der Waals surface area contributed by atoms with E-state index in [0.29, 0.717) is 5.69 Å². The minimum absolute atomic E-state index is 0. The zero-order valence-electron chi connectivity index (χ0n) is 8.35. The Hall–Kier alpha value is -1.50. The van der Waals surface area contributed by atoms with Crippen molar-refractivity contribution in [2.75, 3.05) is 0 Å². The van der Waals surface area contributed by atoms with Gasteiger partial charge in [-0.15, -0.1) is 5.69 Å². The van der Waals surface area contributed by atoms with Gasteiger partial charge in [-0.1, -0.05) is 30.3 Å². The van der Waals surface area contributed by atoms with Gasteiger partial charge in [-0.3, -0.25) is 5.22 Å². The third-order valence-electron chi connectivity index (χ3n) is 1.76. The molecular weight excluding hydrogens is 293 g/mol. The summed E-state index contributed by atoms with van der Waals surface area (Å²) in [6, 6.07) is 19.8. The first-order valence-electron chi connectivity index (χ1n) is 4.59. The maximum Gasteiger partial charge on any atom is 2.00 e. The molecule has 0 spiro atoms. The van der Waals surface area contributed by atoms with Crippen LogP contribution < -0.4 is 0 Å². The Labute approximate surface area is 108 Å². The maximum absolute atomic E-state index is 3.94. The number of rotatable bonds is 3. The first-order valence-corrected chi connectivity index (χ1v) is 4.59. The van der Waals surface area contributed by atoms with Crippen LogP contribution in [0.4, 0.5) is 11.4 Å². The average molecular weight is 302 g/mol. The van der Waals surface area contributed by atoms with Gasteiger partial charge >= 0.3 is 20.4 Å². The summed E-state index contributed by atoms with van der Waals surface area (Å²) in [7, 11) is 0. The largest absolute Gasteiger partial charge is 2.00 e. The van der Waals surface area contributed by atoms with Gasteiger partial charge in [-0.25, -0.2) is 0 Å². The molecule has 0 saturated carbocycles. The molecule has 0 radical (unpaired) electrons. The second-order valence-electron chi connectivity index (χ2n) is 2.87. The van der Waals surface area contributed by atoms with Gasteiger partial charge in [0.25, 0.3) is 0 Å². The van der Waals surface area contributed by atoms with Crippen LogP contribution in [0.3, 0.4) is 0 Å². The van der Waals surface area contributed by atoms with Crippen molar-refractivity contribution in [3.8, 4) is 0 Å². The fraction of sp³-hybridized carbons (Fsp3) is 0. The molecule has 0 unspecified atom stereocenters. The molecule has 2 rings (SSSR count). The summed E-state index contributed by atoms with van der Waals surface area (Å²) in [6.45, 7) is 0. The Morgan fingerprint density at radius 3 is 2.38 bits per heavy atom. The molecule has 0 aliphatic heterocycles. The zero-order chi connectivity index (χ0) is 10.3. The van der Waals surface area contributed by atoms with Gasteiger partial charge in [-0.05, 0) is 5.69 Å². The van der Waals surface area contributed by atoms with Crippen LogP contribution in [-0.4, -0.2) is 0 Å². The minimum atomic E-state index is 0. The van der Waals surface area contributed by atoms with Gasteiger partial charge in [0.1, 0.15) is 0 Å². The van der Waals surface area contributed by atoms with Gasteiger partial charge in [0.05, 0.1) is 0 Å². The Bertz CT molecular complexity index is 429. The van der Waals surface area contributed by atoms with Crippen LogP contribution in [-0.2, 0) is 20.4 Å². The van der Waals surface area contributed by atoms with Gasteiger partial charge in [0.2, 0.25) is 0 Å². The molecule has 0 heterocycles. The van der Waals surface area contributed by atoms with E-state index in [4.69, 9.17) is 0 Å². The van der Waals surface area contributed by atoms with E-state index in [1.54, 1.807) is 6.07 Å². The summed E-state index contributed by atoms with van der Waals surface area (Å²) in [4.78, 5) is 0. The van der Waals surface area contributed by atoms with E-state index in [0.717, 1.165) is 5.69 Å². The Kier molecular flexibility index (Phi) is 5.41. The maximum atomic E-state index is 3.94. The molecule has 16 heavy (non-hydrogen) atoms. The van der Waals surface area contributed by atoms with E-state index < -0.39 is 0 Å². The fourth-order valence-electron chi connectivity index (χ4n) is 1.06. The van der Waals surface area contributed by atoms with Gasteiger partial charge in [-0.2, -0.15) is 30.3 Å².